The SMILES string of the molecule is CC(C)COC(=O)CCCC1(c2ccccc2)C2C3CC4CC5CC6CC7=C8C9C(C7)CC7CC%10=CC21C1C%10C2C7C9C7C9C8C6C6C5C4C4C3C1C(C27)C4C96. The number of esters is 1. The first-order valence-corrected chi connectivity index (χ1v) is 25.2. The van der Waals surface area contributed by atoms with Gasteiger partial charge < -0.3 is 4.74 Å². The lowest BCUT2D eigenvalue weighted by Crippen LogP contribution is -2.58. The molecule has 14 fully saturated rings. The molecule has 0 radical (unpaired) electrons. The maximum absolute atomic E-state index is 13.3. The Balaban J connectivity index is 0.889. The molecule has 0 amide bonds. The summed E-state index contributed by atoms with van der Waals surface area (Å²) in [4.78, 5) is 13.3. The summed E-state index contributed by atoms with van der Waals surface area (Å²) in [7, 11) is 0. The van der Waals surface area contributed by atoms with E-state index in [9.17, 15) is 4.79 Å². The minimum Gasteiger partial charge on any atom is -0.465 e. The predicted octanol–water partition coefficient (Wildman–Crippen LogP) is 10.1. The number of carbonyl (C=O) groups excluding carboxylic acids is 1. The molecule has 29 unspecified atom stereocenters. The molecule has 0 N–H and O–H groups in total. The second-order valence-corrected chi connectivity index (χ2v) is 25.8. The van der Waals surface area contributed by atoms with Crippen LogP contribution in [-0.4, -0.2) is 12.6 Å². The van der Waals surface area contributed by atoms with E-state index in [4.69, 9.17) is 4.74 Å². The van der Waals surface area contributed by atoms with Gasteiger partial charge in [0, 0.05) is 17.3 Å². The normalized spacial score (nSPS) is 67.1. The summed E-state index contributed by atoms with van der Waals surface area (Å²) in [6.45, 7) is 4.92. The molecule has 18 rings (SSSR count). The van der Waals surface area contributed by atoms with E-state index in [1.54, 1.807) is 44.1 Å². The van der Waals surface area contributed by atoms with Crippen LogP contribution in [0.2, 0.25) is 0 Å². The summed E-state index contributed by atoms with van der Waals surface area (Å²) in [6.07, 6.45) is 17.1. The van der Waals surface area contributed by atoms with Gasteiger partial charge >= 0.3 is 5.97 Å². The molecule has 1 aromatic rings. The number of allylic oxidation sites excluding steroid dienone is 4. The van der Waals surface area contributed by atoms with Gasteiger partial charge in [0.25, 0.3) is 0 Å². The lowest BCUT2D eigenvalue weighted by Gasteiger charge is -2.62. The third-order valence-electron chi connectivity index (χ3n) is 25.5. The first-order valence-electron chi connectivity index (χ1n) is 25.2. The molecule has 0 bridgehead atoms. The van der Waals surface area contributed by atoms with Crippen LogP contribution in [0, 0.1) is 171 Å². The molecule has 56 heavy (non-hydrogen) atoms. The summed E-state index contributed by atoms with van der Waals surface area (Å²) < 4.78 is 5.87. The van der Waals surface area contributed by atoms with E-state index >= 15 is 0 Å². The van der Waals surface area contributed by atoms with Crippen LogP contribution in [0.5, 0.6) is 0 Å². The zero-order valence-electron chi connectivity index (χ0n) is 33.7. The van der Waals surface area contributed by atoms with Crippen molar-refractivity contribution < 1.29 is 9.53 Å². The summed E-state index contributed by atoms with van der Waals surface area (Å²) in [5.41, 5.74) is 8.72. The Morgan fingerprint density at radius 3 is 2.16 bits per heavy atom. The highest BCUT2D eigenvalue weighted by Gasteiger charge is 2.94. The zero-order valence-corrected chi connectivity index (χ0v) is 33.7. The summed E-state index contributed by atoms with van der Waals surface area (Å²) >= 11 is 0. The number of hydrogen-bond acceptors (Lipinski definition) is 2. The molecule has 14 saturated carbocycles. The molecule has 290 valence electrons. The maximum Gasteiger partial charge on any atom is 0.305 e. The van der Waals surface area contributed by atoms with Crippen LogP contribution >= 0.6 is 0 Å². The fourth-order valence-electron chi connectivity index (χ4n) is 26.9. The lowest BCUT2D eigenvalue weighted by molar-refractivity contribution is -0.145. The van der Waals surface area contributed by atoms with Gasteiger partial charge in [0.2, 0.25) is 0 Å². The van der Waals surface area contributed by atoms with Gasteiger partial charge in [-0.1, -0.05) is 67.0 Å². The summed E-state index contributed by atoms with van der Waals surface area (Å²) in [6, 6.07) is 12.3. The quantitative estimate of drug-likeness (QED) is 0.205. The fraction of sp³-hybridized carbons (Fsp3) is 0.796. The second-order valence-electron chi connectivity index (χ2n) is 25.8. The Morgan fingerprint density at radius 2 is 1.30 bits per heavy atom. The van der Waals surface area contributed by atoms with Gasteiger partial charge in [-0.2, -0.15) is 0 Å². The molecule has 29 atom stereocenters. The maximum atomic E-state index is 13.3. The van der Waals surface area contributed by atoms with E-state index in [0.29, 0.717) is 24.4 Å². The van der Waals surface area contributed by atoms with Crippen LogP contribution in [0.15, 0.2) is 53.1 Å². The molecule has 17 aliphatic rings. The van der Waals surface area contributed by atoms with Crippen LogP contribution in [0.1, 0.15) is 83.6 Å². The molecule has 2 heteroatoms. The van der Waals surface area contributed by atoms with Crippen LogP contribution in [0.3, 0.4) is 0 Å². The van der Waals surface area contributed by atoms with Gasteiger partial charge in [-0.15, -0.1) is 0 Å². The molecule has 17 aliphatic carbocycles. The van der Waals surface area contributed by atoms with E-state index < -0.39 is 0 Å². The molecule has 0 aliphatic heterocycles. The fourth-order valence-corrected chi connectivity index (χ4v) is 26.9. The average Bonchev–Trinajstić information content (AvgIpc) is 3.88. The molecule has 0 saturated heterocycles. The number of hydrogen-bond donors (Lipinski definition) is 0. The van der Waals surface area contributed by atoms with Crippen LogP contribution < -0.4 is 0 Å². The van der Waals surface area contributed by atoms with Gasteiger partial charge in [-0.05, 0) is 229 Å². The predicted molar refractivity (Wildman–Crippen MR) is 212 cm³/mol. The van der Waals surface area contributed by atoms with Crippen molar-refractivity contribution in [2.24, 2.45) is 171 Å². The van der Waals surface area contributed by atoms with Crippen molar-refractivity contribution in [1.82, 2.24) is 0 Å². The van der Waals surface area contributed by atoms with Gasteiger partial charge in [0.05, 0.1) is 6.61 Å². The van der Waals surface area contributed by atoms with E-state index in [-0.39, 0.29) is 11.4 Å². The Labute approximate surface area is 334 Å². The summed E-state index contributed by atoms with van der Waals surface area (Å²) in [5, 5.41) is 0. The van der Waals surface area contributed by atoms with Crippen molar-refractivity contribution >= 4 is 5.97 Å². The smallest absolute Gasteiger partial charge is 0.305 e. The minimum atomic E-state index is 0.0629. The molecule has 0 heterocycles. The van der Waals surface area contributed by atoms with Gasteiger partial charge in [0.15, 0.2) is 0 Å². The molecule has 0 aromatic heterocycles. The Bertz CT molecular complexity index is 2160. The largest absolute Gasteiger partial charge is 0.465 e. The lowest BCUT2D eigenvalue weighted by atomic mass is 9.43. The number of carbonyl (C=O) groups is 1. The first-order chi connectivity index (χ1) is 27.5. The third kappa shape index (κ3) is 2.67. The molecular formula is C54H62O2. The van der Waals surface area contributed by atoms with Crippen molar-refractivity contribution in [2.45, 2.75) is 83.5 Å². The standard InChI is InChI=1S/C54H62O2/c1-20(2)19-56-30(55)9-6-10-53(28-7-4-3-5-8-28)52-29-17-26-15-23-13-24-12-21-11-22-14-25-16-27-18-54(52,53)51-37(27)42-36(25)41-32(22)31(21)39-35(24)40-33(23)34(26)43-38(29)50(51)49-47(42)45(41)44(39)46(40)48(43)49/h3-5,7-8,18,20,22-26,29,32-52H,6,9-17,19H2,1-2H3. The topological polar surface area (TPSA) is 26.3 Å². The Hall–Kier alpha value is -1.83. The second kappa shape index (κ2) is 8.95. The van der Waals surface area contributed by atoms with Gasteiger partial charge in [0.1, 0.15) is 0 Å². The number of rotatable bonds is 7. The van der Waals surface area contributed by atoms with Crippen molar-refractivity contribution in [3.05, 3.63) is 58.7 Å². The van der Waals surface area contributed by atoms with Gasteiger partial charge in [-0.25, -0.2) is 0 Å². The first kappa shape index (κ1) is 30.2. The van der Waals surface area contributed by atoms with Crippen molar-refractivity contribution in [1.29, 1.82) is 0 Å². The highest BCUT2D eigenvalue weighted by molar-refractivity contribution is 5.69. The van der Waals surface area contributed by atoms with Crippen LogP contribution in [0.25, 0.3) is 0 Å². The molecule has 1 aromatic carbocycles. The van der Waals surface area contributed by atoms with Crippen molar-refractivity contribution in [3.63, 3.8) is 0 Å². The average molecular weight is 743 g/mol. The minimum absolute atomic E-state index is 0.0629. The highest BCUT2D eigenvalue weighted by Crippen LogP contribution is 2.97. The van der Waals surface area contributed by atoms with Crippen LogP contribution in [0.4, 0.5) is 0 Å². The molecule has 2 nitrogen and oxygen atoms in total. The Kier molecular flexibility index (Phi) is 4.83. The van der Waals surface area contributed by atoms with Gasteiger partial charge in [-0.3, -0.25) is 4.79 Å². The van der Waals surface area contributed by atoms with E-state index in [1.165, 1.54) is 12.8 Å². The third-order valence-corrected chi connectivity index (χ3v) is 25.5. The number of fused-ring (bicyclic) bond motifs is 1. The molecule has 1 spiro atoms. The zero-order chi connectivity index (χ0) is 35.8. The summed E-state index contributed by atoms with van der Waals surface area (Å²) in [5.74, 6) is 28.9. The van der Waals surface area contributed by atoms with Crippen molar-refractivity contribution in [2.75, 3.05) is 6.61 Å². The van der Waals surface area contributed by atoms with Crippen molar-refractivity contribution in [3.8, 4) is 0 Å². The van der Waals surface area contributed by atoms with E-state index in [2.05, 4.69) is 67.0 Å². The van der Waals surface area contributed by atoms with Crippen LogP contribution in [-0.2, 0) is 14.9 Å². The monoisotopic (exact) mass is 742 g/mol. The Morgan fingerprint density at radius 1 is 0.661 bits per heavy atom. The number of ether oxygens (including phenoxy) is 1. The van der Waals surface area contributed by atoms with E-state index in [1.807, 2.05) is 0 Å². The molecular weight excluding hydrogens is 681 g/mol. The highest BCUT2D eigenvalue weighted by atomic mass is 16.5. The van der Waals surface area contributed by atoms with E-state index in [0.717, 1.165) is 166 Å². The number of benzene rings is 1.